The van der Waals surface area contributed by atoms with Gasteiger partial charge in [0.2, 0.25) is 0 Å². The van der Waals surface area contributed by atoms with Gasteiger partial charge in [0.05, 0.1) is 11.4 Å². The van der Waals surface area contributed by atoms with Crippen LogP contribution in [0, 0.1) is 0 Å². The van der Waals surface area contributed by atoms with E-state index < -0.39 is 0 Å². The molecular formula is C62H38N2O. The van der Waals surface area contributed by atoms with Crippen LogP contribution in [0.5, 0.6) is 0 Å². The van der Waals surface area contributed by atoms with Gasteiger partial charge in [0.1, 0.15) is 11.2 Å². The number of nitrogens with zero attached hydrogens (tertiary/aromatic N) is 2. The largest absolute Gasteiger partial charge is 0.455 e. The number of rotatable bonds is 6. The molecule has 13 aromatic rings. The molecule has 0 N–H and O–H groups in total. The van der Waals surface area contributed by atoms with E-state index in [0.29, 0.717) is 5.82 Å². The zero-order chi connectivity index (χ0) is 42.8. The van der Waals surface area contributed by atoms with E-state index in [1.807, 2.05) is 36.4 Å². The SMILES string of the molecule is c1ccc(-c2nc(-c3ccc(-c4ccc(-c5ccc(-c6c7ccccc7cc7c6ccc6ccccc67)c6ccccc56)cc4)cc3)cc(-c3cccc4c3oc3ccccc34)n2)cc1. The number of hydrogen-bond acceptors (Lipinski definition) is 3. The van der Waals surface area contributed by atoms with Gasteiger partial charge in [-0.1, -0.05) is 206 Å². The molecule has 302 valence electrons. The zero-order valence-corrected chi connectivity index (χ0v) is 35.2. The van der Waals surface area contributed by atoms with Crippen molar-refractivity contribution in [2.45, 2.75) is 0 Å². The Bertz CT molecular complexity index is 3980. The molecule has 0 amide bonds. The van der Waals surface area contributed by atoms with Gasteiger partial charge in [-0.2, -0.15) is 0 Å². The van der Waals surface area contributed by atoms with E-state index in [1.54, 1.807) is 0 Å². The van der Waals surface area contributed by atoms with Gasteiger partial charge < -0.3 is 4.42 Å². The smallest absolute Gasteiger partial charge is 0.160 e. The molecule has 11 aromatic carbocycles. The van der Waals surface area contributed by atoms with Crippen LogP contribution in [0.3, 0.4) is 0 Å². The predicted octanol–water partition coefficient (Wildman–Crippen LogP) is 17.0. The van der Waals surface area contributed by atoms with E-state index in [2.05, 4.69) is 194 Å². The zero-order valence-electron chi connectivity index (χ0n) is 35.2. The Morgan fingerprint density at radius 1 is 0.277 bits per heavy atom. The minimum atomic E-state index is 0.672. The summed E-state index contributed by atoms with van der Waals surface area (Å²) in [6.07, 6.45) is 0. The van der Waals surface area contributed by atoms with E-state index in [9.17, 15) is 0 Å². The third-order valence-corrected chi connectivity index (χ3v) is 13.1. The molecule has 3 nitrogen and oxygen atoms in total. The van der Waals surface area contributed by atoms with Crippen molar-refractivity contribution in [3.63, 3.8) is 0 Å². The lowest BCUT2D eigenvalue weighted by molar-refractivity contribution is 0.670. The van der Waals surface area contributed by atoms with Gasteiger partial charge >= 0.3 is 0 Å². The maximum Gasteiger partial charge on any atom is 0.160 e. The molecule has 0 saturated heterocycles. The molecule has 3 heteroatoms. The molecule has 65 heavy (non-hydrogen) atoms. The van der Waals surface area contributed by atoms with E-state index in [1.165, 1.54) is 65.3 Å². The van der Waals surface area contributed by atoms with E-state index in [-0.39, 0.29) is 0 Å². The molecule has 2 aromatic heterocycles. The summed E-state index contributed by atoms with van der Waals surface area (Å²) >= 11 is 0. The minimum absolute atomic E-state index is 0.672. The summed E-state index contributed by atoms with van der Waals surface area (Å²) in [5, 5.41) is 12.2. The van der Waals surface area contributed by atoms with Gasteiger partial charge in [-0.15, -0.1) is 0 Å². The summed E-state index contributed by atoms with van der Waals surface area (Å²) in [7, 11) is 0. The highest BCUT2D eigenvalue weighted by Gasteiger charge is 2.18. The fourth-order valence-corrected chi connectivity index (χ4v) is 9.95. The van der Waals surface area contributed by atoms with Crippen molar-refractivity contribution in [2.24, 2.45) is 0 Å². The van der Waals surface area contributed by atoms with Gasteiger partial charge in [-0.3, -0.25) is 0 Å². The van der Waals surface area contributed by atoms with Crippen LogP contribution in [0.15, 0.2) is 235 Å². The third kappa shape index (κ3) is 6.20. The second-order valence-electron chi connectivity index (χ2n) is 16.8. The Labute approximate surface area is 375 Å². The number of fused-ring (bicyclic) bond motifs is 8. The van der Waals surface area contributed by atoms with Crippen LogP contribution < -0.4 is 0 Å². The van der Waals surface area contributed by atoms with E-state index >= 15 is 0 Å². The monoisotopic (exact) mass is 826 g/mol. The van der Waals surface area contributed by atoms with Crippen LogP contribution in [0.2, 0.25) is 0 Å². The molecule has 13 rings (SSSR count). The first kappa shape index (κ1) is 36.9. The summed E-state index contributed by atoms with van der Waals surface area (Å²) in [4.78, 5) is 10.2. The van der Waals surface area contributed by atoms with Gasteiger partial charge in [0.15, 0.2) is 5.82 Å². The van der Waals surface area contributed by atoms with Crippen molar-refractivity contribution in [1.29, 1.82) is 0 Å². The lowest BCUT2D eigenvalue weighted by Crippen LogP contribution is -1.96. The highest BCUT2D eigenvalue weighted by atomic mass is 16.3. The summed E-state index contributed by atoms with van der Waals surface area (Å²) in [5.74, 6) is 0.672. The molecule has 0 fully saturated rings. The molecule has 0 unspecified atom stereocenters. The van der Waals surface area contributed by atoms with Crippen LogP contribution in [0.1, 0.15) is 0 Å². The average Bonchev–Trinajstić information content (AvgIpc) is 3.77. The standard InChI is InChI=1S/C62H38N2O/c1-2-14-44(15-3-1)62-63-57(38-58(64-62)55-23-12-22-54-51-21-10-11-24-59(51)65-61(54)55)43-31-27-40(28-32-43)39-25-29-42(30-26-39)47-35-36-52(50-20-9-8-19-49(47)50)60-48-18-7-5-16-45(48)37-56-46-17-6-4-13-41(46)33-34-53(56)60/h1-38H. The normalized spacial score (nSPS) is 11.7. The lowest BCUT2D eigenvalue weighted by atomic mass is 9.86. The Morgan fingerprint density at radius 2 is 0.862 bits per heavy atom. The van der Waals surface area contributed by atoms with Crippen LogP contribution in [-0.4, -0.2) is 9.97 Å². The van der Waals surface area contributed by atoms with Gasteiger partial charge in [-0.25, -0.2) is 9.97 Å². The summed E-state index contributed by atoms with van der Waals surface area (Å²) < 4.78 is 6.45. The van der Waals surface area contributed by atoms with Crippen molar-refractivity contribution >= 4 is 65.0 Å². The van der Waals surface area contributed by atoms with Crippen molar-refractivity contribution in [3.8, 4) is 67.3 Å². The van der Waals surface area contributed by atoms with Crippen LogP contribution in [0.25, 0.3) is 132 Å². The third-order valence-electron chi connectivity index (χ3n) is 13.1. The molecule has 0 bridgehead atoms. The first-order chi connectivity index (χ1) is 32.2. The number of aromatic nitrogens is 2. The number of para-hydroxylation sites is 2. The Kier molecular flexibility index (Phi) is 8.53. The molecule has 2 heterocycles. The fraction of sp³-hybridized carbons (Fsp3) is 0. The average molecular weight is 827 g/mol. The maximum atomic E-state index is 6.45. The molecule has 0 saturated carbocycles. The maximum absolute atomic E-state index is 6.45. The molecular weight excluding hydrogens is 789 g/mol. The van der Waals surface area contributed by atoms with Crippen LogP contribution in [-0.2, 0) is 0 Å². The van der Waals surface area contributed by atoms with Crippen molar-refractivity contribution < 1.29 is 4.42 Å². The van der Waals surface area contributed by atoms with Crippen molar-refractivity contribution in [3.05, 3.63) is 231 Å². The quantitative estimate of drug-likeness (QED) is 0.124. The molecule has 0 aliphatic rings. The number of hydrogen-bond donors (Lipinski definition) is 0. The lowest BCUT2D eigenvalue weighted by Gasteiger charge is -2.17. The molecule has 0 aliphatic carbocycles. The molecule has 0 spiro atoms. The number of furan rings is 1. The van der Waals surface area contributed by atoms with Gasteiger partial charge in [0, 0.05) is 27.5 Å². The van der Waals surface area contributed by atoms with Gasteiger partial charge in [-0.05, 0) is 101 Å². The summed E-state index contributed by atoms with van der Waals surface area (Å²) in [6.45, 7) is 0. The highest BCUT2D eigenvalue weighted by molar-refractivity contribution is 6.23. The molecule has 0 radical (unpaired) electrons. The Morgan fingerprint density at radius 3 is 1.65 bits per heavy atom. The van der Waals surface area contributed by atoms with Crippen LogP contribution in [0.4, 0.5) is 0 Å². The Balaban J connectivity index is 0.862. The van der Waals surface area contributed by atoms with Crippen molar-refractivity contribution in [1.82, 2.24) is 9.97 Å². The topological polar surface area (TPSA) is 38.9 Å². The van der Waals surface area contributed by atoms with Gasteiger partial charge in [0.25, 0.3) is 0 Å². The van der Waals surface area contributed by atoms with Crippen molar-refractivity contribution in [2.75, 3.05) is 0 Å². The highest BCUT2D eigenvalue weighted by Crippen LogP contribution is 2.44. The van der Waals surface area contributed by atoms with E-state index in [4.69, 9.17) is 14.4 Å². The Hall–Kier alpha value is -8.66. The predicted molar refractivity (Wildman–Crippen MR) is 272 cm³/mol. The fourth-order valence-electron chi connectivity index (χ4n) is 9.95. The first-order valence-corrected chi connectivity index (χ1v) is 22.1. The summed E-state index contributed by atoms with van der Waals surface area (Å²) in [6, 6.07) is 82.4. The molecule has 0 aliphatic heterocycles. The summed E-state index contributed by atoms with van der Waals surface area (Å²) in [5.41, 5.74) is 13.5. The minimum Gasteiger partial charge on any atom is -0.455 e. The first-order valence-electron chi connectivity index (χ1n) is 22.1. The second kappa shape index (κ2) is 15.0. The molecule has 0 atom stereocenters. The number of benzene rings is 11. The van der Waals surface area contributed by atoms with E-state index in [0.717, 1.165) is 61.1 Å². The second-order valence-corrected chi connectivity index (χ2v) is 16.8. The van der Waals surface area contributed by atoms with Crippen LogP contribution >= 0.6 is 0 Å².